The third-order valence-electron chi connectivity index (χ3n) is 4.17. The van der Waals surface area contributed by atoms with Crippen molar-refractivity contribution in [2.24, 2.45) is 16.5 Å². The van der Waals surface area contributed by atoms with Crippen LogP contribution in [0.5, 0.6) is 0 Å². The second kappa shape index (κ2) is 16.6. The lowest BCUT2D eigenvalue weighted by Crippen LogP contribution is -2.27. The van der Waals surface area contributed by atoms with Gasteiger partial charge in [-0.05, 0) is 20.0 Å². The molecule has 132 valence electrons. The van der Waals surface area contributed by atoms with Crippen LogP contribution in [0.3, 0.4) is 0 Å². The quantitative estimate of drug-likeness (QED) is 0.258. The van der Waals surface area contributed by atoms with Crippen LogP contribution in [0, 0.1) is 0 Å². The predicted octanol–water partition coefficient (Wildman–Crippen LogP) is 3.89. The van der Waals surface area contributed by atoms with E-state index in [-0.39, 0.29) is 5.96 Å². The van der Waals surface area contributed by atoms with Crippen molar-refractivity contribution in [1.82, 2.24) is 4.90 Å². The van der Waals surface area contributed by atoms with E-state index in [1.54, 1.807) is 0 Å². The number of nitrogens with zero attached hydrogens (tertiary/aromatic N) is 2. The summed E-state index contributed by atoms with van der Waals surface area (Å²) in [5.41, 5.74) is 10.6. The number of hydrogen-bond donors (Lipinski definition) is 2. The molecule has 0 aliphatic heterocycles. The largest absolute Gasteiger partial charge is 0.370 e. The Balaban J connectivity index is 3.15. The molecule has 4 N–H and O–H groups in total. The van der Waals surface area contributed by atoms with E-state index in [1.807, 2.05) is 0 Å². The number of hydrogen-bond acceptors (Lipinski definition) is 2. The second-order valence-corrected chi connectivity index (χ2v) is 6.50. The van der Waals surface area contributed by atoms with Crippen molar-refractivity contribution in [2.75, 3.05) is 26.7 Å². The summed E-state index contributed by atoms with van der Waals surface area (Å²) in [7, 11) is 2.14. The zero-order valence-corrected chi connectivity index (χ0v) is 15.2. The van der Waals surface area contributed by atoms with Crippen LogP contribution in [-0.4, -0.2) is 37.5 Å². The molecule has 0 radical (unpaired) electrons. The SMILES string of the molecule is CCCCCCCCCCCCCCN(C)CCN=C(N)N. The third kappa shape index (κ3) is 17.3. The molecule has 0 unspecified atom stereocenters. The Bertz CT molecular complexity index is 249. The zero-order chi connectivity index (χ0) is 16.5. The van der Waals surface area contributed by atoms with Gasteiger partial charge in [-0.3, -0.25) is 4.99 Å². The zero-order valence-electron chi connectivity index (χ0n) is 15.2. The van der Waals surface area contributed by atoms with Crippen LogP contribution >= 0.6 is 0 Å². The highest BCUT2D eigenvalue weighted by Gasteiger charge is 1.98. The molecule has 0 aromatic carbocycles. The summed E-state index contributed by atoms with van der Waals surface area (Å²) < 4.78 is 0. The summed E-state index contributed by atoms with van der Waals surface area (Å²) in [6, 6.07) is 0. The number of guanidine groups is 1. The Morgan fingerprint density at radius 1 is 0.727 bits per heavy atom. The van der Waals surface area contributed by atoms with Gasteiger partial charge in [-0.1, -0.05) is 77.6 Å². The van der Waals surface area contributed by atoms with E-state index < -0.39 is 0 Å². The van der Waals surface area contributed by atoms with Gasteiger partial charge in [0, 0.05) is 6.54 Å². The van der Waals surface area contributed by atoms with Crippen molar-refractivity contribution in [3.8, 4) is 0 Å². The molecule has 4 heteroatoms. The molecule has 0 saturated heterocycles. The highest BCUT2D eigenvalue weighted by atomic mass is 15.1. The van der Waals surface area contributed by atoms with Crippen molar-refractivity contribution >= 4 is 5.96 Å². The maximum absolute atomic E-state index is 5.31. The van der Waals surface area contributed by atoms with Crippen LogP contribution in [0.4, 0.5) is 0 Å². The van der Waals surface area contributed by atoms with E-state index in [2.05, 4.69) is 23.9 Å². The first kappa shape index (κ1) is 21.2. The summed E-state index contributed by atoms with van der Waals surface area (Å²) in [5, 5.41) is 0. The standard InChI is InChI=1S/C18H40N4/c1-3-4-5-6-7-8-9-10-11-12-13-14-16-22(2)17-15-21-18(19)20/h3-17H2,1-2H3,(H4,19,20,21). The molecule has 0 aromatic heterocycles. The van der Waals surface area contributed by atoms with Gasteiger partial charge in [0.2, 0.25) is 0 Å². The van der Waals surface area contributed by atoms with Gasteiger partial charge in [-0.15, -0.1) is 0 Å². The van der Waals surface area contributed by atoms with E-state index >= 15 is 0 Å². The van der Waals surface area contributed by atoms with Gasteiger partial charge in [0.05, 0.1) is 6.54 Å². The number of rotatable bonds is 16. The Morgan fingerprint density at radius 2 is 1.18 bits per heavy atom. The number of nitrogens with two attached hydrogens (primary N) is 2. The maximum atomic E-state index is 5.31. The Hall–Kier alpha value is -0.770. The minimum atomic E-state index is 0.193. The van der Waals surface area contributed by atoms with Gasteiger partial charge >= 0.3 is 0 Å². The summed E-state index contributed by atoms with van der Waals surface area (Å²) in [6.07, 6.45) is 16.8. The van der Waals surface area contributed by atoms with Crippen LogP contribution in [0.1, 0.15) is 84.0 Å². The van der Waals surface area contributed by atoms with Gasteiger partial charge in [0.15, 0.2) is 5.96 Å². The Morgan fingerprint density at radius 3 is 1.64 bits per heavy atom. The molecule has 0 amide bonds. The lowest BCUT2D eigenvalue weighted by atomic mass is 10.1. The van der Waals surface area contributed by atoms with E-state index in [4.69, 9.17) is 11.5 Å². The molecule has 0 aliphatic rings. The average Bonchev–Trinajstić information content (AvgIpc) is 2.48. The molecule has 4 nitrogen and oxygen atoms in total. The van der Waals surface area contributed by atoms with Gasteiger partial charge in [-0.25, -0.2) is 0 Å². The number of unbranched alkanes of at least 4 members (excludes halogenated alkanes) is 11. The molecule has 0 rings (SSSR count). The van der Waals surface area contributed by atoms with Crippen molar-refractivity contribution in [1.29, 1.82) is 0 Å². The molecular weight excluding hydrogens is 272 g/mol. The van der Waals surface area contributed by atoms with Crippen molar-refractivity contribution in [3.63, 3.8) is 0 Å². The Kier molecular flexibility index (Phi) is 16.0. The summed E-state index contributed by atoms with van der Waals surface area (Å²) in [6.45, 7) is 5.08. The predicted molar refractivity (Wildman–Crippen MR) is 99.3 cm³/mol. The maximum Gasteiger partial charge on any atom is 0.185 e. The van der Waals surface area contributed by atoms with Crippen molar-refractivity contribution < 1.29 is 0 Å². The number of aliphatic imine (C=N–C) groups is 1. The normalized spacial score (nSPS) is 11.0. The molecule has 0 saturated carbocycles. The fraction of sp³-hybridized carbons (Fsp3) is 0.944. The molecule has 0 heterocycles. The highest BCUT2D eigenvalue weighted by Crippen LogP contribution is 2.11. The van der Waals surface area contributed by atoms with Crippen LogP contribution in [0.15, 0.2) is 4.99 Å². The topological polar surface area (TPSA) is 67.6 Å². The van der Waals surface area contributed by atoms with Crippen LogP contribution in [0.2, 0.25) is 0 Å². The molecule has 22 heavy (non-hydrogen) atoms. The van der Waals surface area contributed by atoms with Gasteiger partial charge in [0.1, 0.15) is 0 Å². The molecule has 0 spiro atoms. The summed E-state index contributed by atoms with van der Waals surface area (Å²) in [4.78, 5) is 6.31. The molecule has 0 aliphatic carbocycles. The first-order valence-electron chi connectivity index (χ1n) is 9.40. The van der Waals surface area contributed by atoms with E-state index in [0.29, 0.717) is 6.54 Å². The monoisotopic (exact) mass is 312 g/mol. The lowest BCUT2D eigenvalue weighted by molar-refractivity contribution is 0.332. The van der Waals surface area contributed by atoms with Gasteiger partial charge in [0.25, 0.3) is 0 Å². The minimum absolute atomic E-state index is 0.193. The smallest absolute Gasteiger partial charge is 0.185 e. The minimum Gasteiger partial charge on any atom is -0.370 e. The van der Waals surface area contributed by atoms with Crippen LogP contribution in [-0.2, 0) is 0 Å². The number of likely N-dealkylation sites (N-methyl/N-ethyl adjacent to an activating group) is 1. The second-order valence-electron chi connectivity index (χ2n) is 6.50. The van der Waals surface area contributed by atoms with E-state index in [1.165, 1.54) is 77.0 Å². The Labute approximate surface area is 138 Å². The molecule has 0 aromatic rings. The van der Waals surface area contributed by atoms with Crippen LogP contribution < -0.4 is 11.5 Å². The fourth-order valence-electron chi connectivity index (χ4n) is 2.68. The van der Waals surface area contributed by atoms with Crippen molar-refractivity contribution in [3.05, 3.63) is 0 Å². The summed E-state index contributed by atoms with van der Waals surface area (Å²) >= 11 is 0. The fourth-order valence-corrected chi connectivity index (χ4v) is 2.68. The third-order valence-corrected chi connectivity index (χ3v) is 4.17. The average molecular weight is 313 g/mol. The molecule has 0 fully saturated rings. The van der Waals surface area contributed by atoms with Crippen molar-refractivity contribution in [2.45, 2.75) is 84.0 Å². The molecular formula is C18H40N4. The first-order valence-corrected chi connectivity index (χ1v) is 9.40. The van der Waals surface area contributed by atoms with Gasteiger partial charge in [-0.2, -0.15) is 0 Å². The molecule has 0 atom stereocenters. The lowest BCUT2D eigenvalue weighted by Gasteiger charge is -2.14. The highest BCUT2D eigenvalue weighted by molar-refractivity contribution is 5.75. The van der Waals surface area contributed by atoms with E-state index in [9.17, 15) is 0 Å². The first-order chi connectivity index (χ1) is 10.7. The summed E-state index contributed by atoms with van der Waals surface area (Å²) in [5.74, 6) is 0.193. The van der Waals surface area contributed by atoms with Gasteiger partial charge < -0.3 is 16.4 Å². The van der Waals surface area contributed by atoms with E-state index in [0.717, 1.165) is 13.1 Å². The molecule has 0 bridgehead atoms. The van der Waals surface area contributed by atoms with Crippen LogP contribution in [0.25, 0.3) is 0 Å².